The molecule has 4 aromatic carbocycles. The molecule has 2 amide bonds. The normalized spacial score (nSPS) is 15.1. The van der Waals surface area contributed by atoms with Gasteiger partial charge in [0.15, 0.2) is 0 Å². The zero-order valence-electron chi connectivity index (χ0n) is 30.6. The summed E-state index contributed by atoms with van der Waals surface area (Å²) in [5, 5.41) is 27.9. The molecule has 7 rings (SSSR count). The highest BCUT2D eigenvalue weighted by atomic mass is 16.6. The van der Waals surface area contributed by atoms with Crippen LogP contribution in [-0.2, 0) is 22.4 Å². The third-order valence-electron chi connectivity index (χ3n) is 10.2. The van der Waals surface area contributed by atoms with Crippen molar-refractivity contribution in [2.75, 3.05) is 56.7 Å². The van der Waals surface area contributed by atoms with E-state index in [1.807, 2.05) is 66.7 Å². The topological polar surface area (TPSA) is 166 Å². The van der Waals surface area contributed by atoms with E-state index in [0.29, 0.717) is 61.3 Å². The number of nitrogens with zero attached hydrogens (tertiary/aromatic N) is 2. The largest absolute Gasteiger partial charge is 0.506 e. The van der Waals surface area contributed by atoms with Gasteiger partial charge in [-0.1, -0.05) is 54.6 Å². The molecule has 2 aliphatic heterocycles. The number of fused-ring (bicyclic) bond motifs is 2. The summed E-state index contributed by atoms with van der Waals surface area (Å²) in [6.07, 6.45) is 0.0558. The monoisotopic (exact) mass is 747 g/mol. The van der Waals surface area contributed by atoms with E-state index in [9.17, 15) is 24.6 Å². The summed E-state index contributed by atoms with van der Waals surface area (Å²) in [6, 6.07) is 27.4. The minimum Gasteiger partial charge on any atom is -0.506 e. The predicted molar refractivity (Wildman–Crippen MR) is 210 cm³/mol. The van der Waals surface area contributed by atoms with Gasteiger partial charge in [0, 0.05) is 67.9 Å². The molecule has 55 heavy (non-hydrogen) atoms. The molecular weight excluding hydrogens is 702 g/mol. The Kier molecular flexibility index (Phi) is 11.6. The van der Waals surface area contributed by atoms with Gasteiger partial charge < -0.3 is 34.7 Å². The van der Waals surface area contributed by atoms with Crippen LogP contribution in [0, 0.1) is 0 Å². The van der Waals surface area contributed by atoms with Gasteiger partial charge in [-0.05, 0) is 60.2 Å². The second kappa shape index (κ2) is 17.1. The van der Waals surface area contributed by atoms with E-state index in [4.69, 9.17) is 14.2 Å². The summed E-state index contributed by atoms with van der Waals surface area (Å²) < 4.78 is 17.2. The number of phenolic OH excluding ortho intramolecular Hbond substituents is 1. The Morgan fingerprint density at radius 3 is 2.55 bits per heavy atom. The van der Waals surface area contributed by atoms with Crippen LogP contribution in [0.1, 0.15) is 35.6 Å². The number of ether oxygens (including phenoxy) is 3. The summed E-state index contributed by atoms with van der Waals surface area (Å²) in [5.41, 5.74) is 5.78. The van der Waals surface area contributed by atoms with Gasteiger partial charge in [0.25, 0.3) is 0 Å². The fourth-order valence-corrected chi connectivity index (χ4v) is 7.33. The number of aliphatic hydroxyl groups is 1. The van der Waals surface area contributed by atoms with Crippen LogP contribution in [0.4, 0.5) is 21.0 Å². The number of carbonyl (C=O) groups is 2. The van der Waals surface area contributed by atoms with Crippen molar-refractivity contribution in [3.8, 4) is 22.6 Å². The Morgan fingerprint density at radius 2 is 1.75 bits per heavy atom. The number of methoxy groups -OCH3 is 1. The van der Waals surface area contributed by atoms with Crippen LogP contribution >= 0.6 is 0 Å². The van der Waals surface area contributed by atoms with Crippen molar-refractivity contribution in [1.82, 2.24) is 15.2 Å². The van der Waals surface area contributed by atoms with Gasteiger partial charge in [-0.2, -0.15) is 0 Å². The molecule has 286 valence electrons. The van der Waals surface area contributed by atoms with Crippen LogP contribution in [0.2, 0.25) is 0 Å². The van der Waals surface area contributed by atoms with Crippen LogP contribution < -0.4 is 25.8 Å². The van der Waals surface area contributed by atoms with Crippen molar-refractivity contribution in [2.45, 2.75) is 38.0 Å². The SMILES string of the molecule is COc1cc2c(cc1CNC[C@H](O)c1ccc(O)c3[nH]c(=O)ccc13)CCN2C(=O)OCCN1CCC(OC(=O)Nc2ccccc2-c2ccccc2)CC1. The number of piperidine rings is 1. The molecule has 0 unspecified atom stereocenters. The lowest BCUT2D eigenvalue weighted by molar-refractivity contribution is 0.0512. The molecular formula is C42H45N5O8. The Balaban J connectivity index is 0.855. The van der Waals surface area contributed by atoms with E-state index in [1.54, 1.807) is 24.1 Å². The lowest BCUT2D eigenvalue weighted by Crippen LogP contribution is -2.40. The molecule has 1 atom stereocenters. The van der Waals surface area contributed by atoms with Crippen LogP contribution in [0.3, 0.4) is 0 Å². The maximum atomic E-state index is 13.2. The van der Waals surface area contributed by atoms with E-state index < -0.39 is 18.3 Å². The zero-order valence-corrected chi connectivity index (χ0v) is 30.6. The number of rotatable bonds is 12. The predicted octanol–water partition coefficient (Wildman–Crippen LogP) is 5.94. The van der Waals surface area contributed by atoms with E-state index in [0.717, 1.165) is 41.0 Å². The molecule has 0 aliphatic carbocycles. The molecule has 0 bridgehead atoms. The summed E-state index contributed by atoms with van der Waals surface area (Å²) in [5.74, 6) is 0.539. The standard InChI is InChI=1S/C42H45N5O8/c1-53-38-24-35-28(23-29(38)25-43-26-37(49)32-11-13-36(48)40-33(32)12-14-39(50)45-40)15-20-47(35)42(52)54-22-21-46-18-16-30(17-19-46)55-41(51)44-34-10-6-5-9-31(34)27-7-3-2-4-8-27/h2-14,23-24,30,37,43,48-49H,15-22,25-26H2,1H3,(H,44,51)(H,45,50)/t37-/m0/s1. The third-order valence-corrected chi connectivity index (χ3v) is 10.2. The minimum absolute atomic E-state index is 0.0648. The second-order valence-corrected chi connectivity index (χ2v) is 13.7. The highest BCUT2D eigenvalue weighted by Gasteiger charge is 2.29. The van der Waals surface area contributed by atoms with Crippen LogP contribution in [0.15, 0.2) is 95.8 Å². The fourth-order valence-electron chi connectivity index (χ4n) is 7.33. The average molecular weight is 748 g/mol. The van der Waals surface area contributed by atoms with Gasteiger partial charge in [0.1, 0.15) is 24.2 Å². The number of phenols is 1. The van der Waals surface area contributed by atoms with Gasteiger partial charge in [0.2, 0.25) is 5.56 Å². The number of hydrogen-bond acceptors (Lipinski definition) is 10. The van der Waals surface area contributed by atoms with Crippen LogP contribution in [0.5, 0.6) is 11.5 Å². The molecule has 5 N–H and O–H groups in total. The third kappa shape index (κ3) is 8.75. The maximum Gasteiger partial charge on any atom is 0.414 e. The number of likely N-dealkylation sites (tertiary alicyclic amines) is 1. The molecule has 2 aliphatic rings. The number of pyridine rings is 1. The van der Waals surface area contributed by atoms with Crippen molar-refractivity contribution in [2.24, 2.45) is 0 Å². The lowest BCUT2D eigenvalue weighted by atomic mass is 10.0. The molecule has 0 radical (unpaired) electrons. The molecule has 1 aromatic heterocycles. The van der Waals surface area contributed by atoms with Crippen molar-refractivity contribution in [3.63, 3.8) is 0 Å². The van der Waals surface area contributed by atoms with E-state index in [-0.39, 0.29) is 36.1 Å². The van der Waals surface area contributed by atoms with E-state index in [1.165, 1.54) is 12.1 Å². The molecule has 3 heterocycles. The summed E-state index contributed by atoms with van der Waals surface area (Å²) in [4.78, 5) is 44.2. The number of aromatic amines is 1. The number of hydrogen-bond donors (Lipinski definition) is 5. The summed E-state index contributed by atoms with van der Waals surface area (Å²) in [7, 11) is 1.58. The second-order valence-electron chi connectivity index (χ2n) is 13.7. The fraction of sp³-hybridized carbons (Fsp3) is 0.310. The number of aliphatic hydroxyl groups excluding tert-OH is 1. The molecule has 1 fully saturated rings. The number of aromatic hydroxyl groups is 1. The first-order valence-electron chi connectivity index (χ1n) is 18.5. The van der Waals surface area contributed by atoms with Crippen LogP contribution in [-0.4, -0.2) is 84.8 Å². The first-order valence-corrected chi connectivity index (χ1v) is 18.5. The Labute approximate surface area is 318 Å². The number of nitrogens with one attached hydrogen (secondary N) is 3. The van der Waals surface area contributed by atoms with Gasteiger partial charge in [0.05, 0.1) is 30.1 Å². The van der Waals surface area contributed by atoms with Crippen molar-refractivity contribution in [3.05, 3.63) is 118 Å². The van der Waals surface area contributed by atoms with Gasteiger partial charge in [-0.3, -0.25) is 19.9 Å². The van der Waals surface area contributed by atoms with Gasteiger partial charge in [-0.25, -0.2) is 9.59 Å². The quantitative estimate of drug-likeness (QED) is 0.103. The number of para-hydroxylation sites is 1. The summed E-state index contributed by atoms with van der Waals surface area (Å²) >= 11 is 0. The van der Waals surface area contributed by atoms with Gasteiger partial charge >= 0.3 is 12.2 Å². The Hall–Kier alpha value is -5.89. The minimum atomic E-state index is -0.903. The smallest absolute Gasteiger partial charge is 0.414 e. The number of carbonyl (C=O) groups excluding carboxylic acids is 2. The number of aromatic nitrogens is 1. The molecule has 1 saturated heterocycles. The van der Waals surface area contributed by atoms with Gasteiger partial charge in [-0.15, -0.1) is 0 Å². The number of anilines is 2. The number of amides is 2. The Bertz CT molecular complexity index is 2200. The highest BCUT2D eigenvalue weighted by molar-refractivity contribution is 5.92. The van der Waals surface area contributed by atoms with Crippen molar-refractivity contribution in [1.29, 1.82) is 0 Å². The molecule has 13 nitrogen and oxygen atoms in total. The molecule has 13 heteroatoms. The zero-order chi connectivity index (χ0) is 38.3. The number of H-pyrrole nitrogens is 1. The van der Waals surface area contributed by atoms with E-state index >= 15 is 0 Å². The summed E-state index contributed by atoms with van der Waals surface area (Å²) in [6.45, 7) is 3.36. The first-order chi connectivity index (χ1) is 26.8. The Morgan fingerprint density at radius 1 is 0.964 bits per heavy atom. The average Bonchev–Trinajstić information content (AvgIpc) is 3.62. The number of benzene rings is 4. The van der Waals surface area contributed by atoms with Crippen molar-refractivity contribution < 1.29 is 34.0 Å². The first kappa shape index (κ1) is 37.4. The highest BCUT2D eigenvalue weighted by Crippen LogP contribution is 2.36. The van der Waals surface area contributed by atoms with Crippen LogP contribution in [0.25, 0.3) is 22.0 Å². The van der Waals surface area contributed by atoms with E-state index in [2.05, 4.69) is 20.5 Å². The molecule has 5 aromatic rings. The maximum absolute atomic E-state index is 13.2. The lowest BCUT2D eigenvalue weighted by Gasteiger charge is -2.31. The molecule has 0 spiro atoms. The molecule has 0 saturated carbocycles. The van der Waals surface area contributed by atoms with Crippen molar-refractivity contribution >= 4 is 34.5 Å².